The van der Waals surface area contributed by atoms with E-state index in [9.17, 15) is 0 Å². The molecule has 1 rings (SSSR count). The van der Waals surface area contributed by atoms with Crippen LogP contribution in [0.25, 0.3) is 0 Å². The molecule has 1 atom stereocenters. The van der Waals surface area contributed by atoms with Crippen molar-refractivity contribution in [1.29, 1.82) is 0 Å². The van der Waals surface area contributed by atoms with Crippen LogP contribution in [0.3, 0.4) is 0 Å². The molecule has 5 N–H and O–H groups in total. The average molecular weight is 180 g/mol. The van der Waals surface area contributed by atoms with Crippen molar-refractivity contribution in [2.24, 2.45) is 5.73 Å². The molecule has 72 valence electrons. The quantitative estimate of drug-likeness (QED) is 0.588. The van der Waals surface area contributed by atoms with Crippen molar-refractivity contribution in [3.63, 3.8) is 0 Å². The third-order valence-corrected chi connectivity index (χ3v) is 2.20. The highest BCUT2D eigenvalue weighted by molar-refractivity contribution is 5.54. The normalized spacial score (nSPS) is 15.4. The fourth-order valence-corrected chi connectivity index (χ4v) is 1.55. The van der Waals surface area contributed by atoms with E-state index in [-0.39, 0.29) is 6.61 Å². The molecule has 0 aliphatic rings. The first-order valence-corrected chi connectivity index (χ1v) is 4.24. The number of rotatable bonds is 2. The topological polar surface area (TPSA) is 72.3 Å². The lowest BCUT2D eigenvalue weighted by Crippen LogP contribution is -2.38. The first-order chi connectivity index (χ1) is 5.99. The molecule has 13 heavy (non-hydrogen) atoms. The van der Waals surface area contributed by atoms with Crippen molar-refractivity contribution in [2.75, 3.05) is 12.3 Å². The number of benzene rings is 1. The van der Waals surface area contributed by atoms with Crippen molar-refractivity contribution >= 4 is 5.69 Å². The maximum atomic E-state index is 9.12. The molecule has 0 amide bonds. The highest BCUT2D eigenvalue weighted by atomic mass is 16.3. The molecule has 3 heteroatoms. The van der Waals surface area contributed by atoms with E-state index in [2.05, 4.69) is 0 Å². The van der Waals surface area contributed by atoms with Crippen LogP contribution in [0.15, 0.2) is 18.2 Å². The molecular formula is C10H16N2O. The van der Waals surface area contributed by atoms with Crippen LogP contribution in [0.1, 0.15) is 18.1 Å². The van der Waals surface area contributed by atoms with Gasteiger partial charge in [-0.2, -0.15) is 0 Å². The Kier molecular flexibility index (Phi) is 2.59. The second kappa shape index (κ2) is 3.36. The molecule has 0 saturated carbocycles. The summed E-state index contributed by atoms with van der Waals surface area (Å²) in [7, 11) is 0. The van der Waals surface area contributed by atoms with Crippen LogP contribution in [0.2, 0.25) is 0 Å². The summed E-state index contributed by atoms with van der Waals surface area (Å²) in [6, 6.07) is 5.61. The van der Waals surface area contributed by atoms with Crippen LogP contribution in [0.4, 0.5) is 5.69 Å². The van der Waals surface area contributed by atoms with Gasteiger partial charge in [0.2, 0.25) is 0 Å². The van der Waals surface area contributed by atoms with E-state index in [1.165, 1.54) is 0 Å². The van der Waals surface area contributed by atoms with Crippen LogP contribution in [-0.2, 0) is 5.54 Å². The minimum Gasteiger partial charge on any atom is -0.398 e. The van der Waals surface area contributed by atoms with Gasteiger partial charge in [-0.3, -0.25) is 0 Å². The summed E-state index contributed by atoms with van der Waals surface area (Å²) >= 11 is 0. The van der Waals surface area contributed by atoms with Crippen LogP contribution < -0.4 is 11.5 Å². The predicted molar refractivity (Wildman–Crippen MR) is 54.2 cm³/mol. The molecule has 0 radical (unpaired) electrons. The van der Waals surface area contributed by atoms with E-state index in [0.717, 1.165) is 11.1 Å². The summed E-state index contributed by atoms with van der Waals surface area (Å²) in [5.41, 5.74) is 13.4. The van der Waals surface area contributed by atoms with Crippen LogP contribution in [0, 0.1) is 6.92 Å². The van der Waals surface area contributed by atoms with Gasteiger partial charge in [-0.1, -0.05) is 12.1 Å². The molecule has 1 aromatic carbocycles. The van der Waals surface area contributed by atoms with Crippen molar-refractivity contribution in [2.45, 2.75) is 19.4 Å². The molecule has 0 spiro atoms. The number of nitrogens with two attached hydrogens (primary N) is 2. The van der Waals surface area contributed by atoms with Gasteiger partial charge in [-0.05, 0) is 31.0 Å². The third kappa shape index (κ3) is 1.82. The van der Waals surface area contributed by atoms with Crippen molar-refractivity contribution < 1.29 is 5.11 Å². The summed E-state index contributed by atoms with van der Waals surface area (Å²) in [6.07, 6.45) is 0. The molecule has 0 heterocycles. The maximum absolute atomic E-state index is 9.12. The van der Waals surface area contributed by atoms with Gasteiger partial charge in [0, 0.05) is 5.69 Å². The molecular weight excluding hydrogens is 164 g/mol. The number of aliphatic hydroxyl groups excluding tert-OH is 1. The van der Waals surface area contributed by atoms with Gasteiger partial charge in [-0.25, -0.2) is 0 Å². The minimum absolute atomic E-state index is 0.109. The molecule has 0 saturated heterocycles. The van der Waals surface area contributed by atoms with E-state index in [0.29, 0.717) is 5.69 Å². The van der Waals surface area contributed by atoms with Crippen LogP contribution in [0.5, 0.6) is 0 Å². The molecule has 0 bridgehead atoms. The minimum atomic E-state index is -0.755. The number of aryl methyl sites for hydroxylation is 1. The Labute approximate surface area is 78.4 Å². The zero-order valence-corrected chi connectivity index (χ0v) is 8.04. The second-order valence-electron chi connectivity index (χ2n) is 3.61. The number of hydrogen-bond acceptors (Lipinski definition) is 3. The van der Waals surface area contributed by atoms with Gasteiger partial charge in [0.25, 0.3) is 0 Å². The van der Waals surface area contributed by atoms with Gasteiger partial charge >= 0.3 is 0 Å². The number of anilines is 1. The lowest BCUT2D eigenvalue weighted by molar-refractivity contribution is 0.210. The SMILES string of the molecule is Cc1cccc(N)c1[C@@](C)(N)CO. The standard InChI is InChI=1S/C10H16N2O/c1-7-4-3-5-8(11)9(7)10(2,12)6-13/h3-5,13H,6,11-12H2,1-2H3/t10-/m0/s1. The Morgan fingerprint density at radius 3 is 2.54 bits per heavy atom. The first kappa shape index (κ1) is 10.0. The summed E-state index contributed by atoms with van der Waals surface area (Å²) in [4.78, 5) is 0. The first-order valence-electron chi connectivity index (χ1n) is 4.24. The Morgan fingerprint density at radius 2 is 2.08 bits per heavy atom. The fraction of sp³-hybridized carbons (Fsp3) is 0.400. The summed E-state index contributed by atoms with van der Waals surface area (Å²) in [5.74, 6) is 0. The van der Waals surface area contributed by atoms with Gasteiger partial charge in [0.1, 0.15) is 0 Å². The molecule has 0 unspecified atom stereocenters. The van der Waals surface area contributed by atoms with Crippen LogP contribution >= 0.6 is 0 Å². The monoisotopic (exact) mass is 180 g/mol. The highest BCUT2D eigenvalue weighted by Gasteiger charge is 2.24. The Balaban J connectivity index is 3.28. The maximum Gasteiger partial charge on any atom is 0.0651 e. The smallest absolute Gasteiger partial charge is 0.0651 e. The average Bonchev–Trinajstić information content (AvgIpc) is 2.03. The Morgan fingerprint density at radius 1 is 1.46 bits per heavy atom. The largest absolute Gasteiger partial charge is 0.398 e. The van der Waals surface area contributed by atoms with Crippen molar-refractivity contribution in [1.82, 2.24) is 0 Å². The van der Waals surface area contributed by atoms with E-state index in [4.69, 9.17) is 16.6 Å². The summed E-state index contributed by atoms with van der Waals surface area (Å²) in [6.45, 7) is 3.60. The molecule has 0 aliphatic carbocycles. The molecule has 0 fully saturated rings. The molecule has 1 aromatic rings. The van der Waals surface area contributed by atoms with E-state index in [1.807, 2.05) is 19.1 Å². The molecule has 0 aromatic heterocycles. The number of aliphatic hydroxyl groups is 1. The number of hydrogen-bond donors (Lipinski definition) is 3. The predicted octanol–water partition coefficient (Wildman–Crippen LogP) is 0.743. The van der Waals surface area contributed by atoms with Gasteiger partial charge in [-0.15, -0.1) is 0 Å². The van der Waals surface area contributed by atoms with Gasteiger partial charge in [0.15, 0.2) is 0 Å². The van der Waals surface area contributed by atoms with Gasteiger partial charge < -0.3 is 16.6 Å². The van der Waals surface area contributed by atoms with E-state index >= 15 is 0 Å². The molecule has 3 nitrogen and oxygen atoms in total. The highest BCUT2D eigenvalue weighted by Crippen LogP contribution is 2.26. The van der Waals surface area contributed by atoms with Crippen molar-refractivity contribution in [3.8, 4) is 0 Å². The zero-order chi connectivity index (χ0) is 10.1. The summed E-state index contributed by atoms with van der Waals surface area (Å²) in [5, 5.41) is 9.12. The lowest BCUT2D eigenvalue weighted by Gasteiger charge is -2.25. The zero-order valence-electron chi connectivity index (χ0n) is 8.04. The summed E-state index contributed by atoms with van der Waals surface area (Å²) < 4.78 is 0. The Bertz CT molecular complexity index is 288. The second-order valence-corrected chi connectivity index (χ2v) is 3.61. The van der Waals surface area contributed by atoms with E-state index < -0.39 is 5.54 Å². The molecule has 0 aliphatic heterocycles. The van der Waals surface area contributed by atoms with Crippen LogP contribution in [-0.4, -0.2) is 11.7 Å². The van der Waals surface area contributed by atoms with Crippen molar-refractivity contribution in [3.05, 3.63) is 29.3 Å². The lowest BCUT2D eigenvalue weighted by atomic mass is 9.89. The van der Waals surface area contributed by atoms with E-state index in [1.54, 1.807) is 13.0 Å². The fourth-order valence-electron chi connectivity index (χ4n) is 1.55. The third-order valence-electron chi connectivity index (χ3n) is 2.20. The Hall–Kier alpha value is -1.06. The van der Waals surface area contributed by atoms with Gasteiger partial charge in [0.05, 0.1) is 12.1 Å². The number of nitrogen functional groups attached to an aromatic ring is 1.